The number of nitrogens with one attached hydrogen (secondary N) is 1. The summed E-state index contributed by atoms with van der Waals surface area (Å²) in [7, 11) is 3.70. The van der Waals surface area contributed by atoms with Crippen molar-refractivity contribution in [3.8, 4) is 5.75 Å². The third-order valence-corrected chi connectivity index (χ3v) is 3.13. The van der Waals surface area contributed by atoms with E-state index in [2.05, 4.69) is 34.3 Å². The number of pyridine rings is 1. The second-order valence-corrected chi connectivity index (χ2v) is 4.62. The van der Waals surface area contributed by atoms with Crippen LogP contribution >= 0.6 is 0 Å². The summed E-state index contributed by atoms with van der Waals surface area (Å²) in [6.07, 6.45) is 4.80. The van der Waals surface area contributed by atoms with Crippen LogP contribution in [0.5, 0.6) is 5.75 Å². The molecule has 20 heavy (non-hydrogen) atoms. The lowest BCUT2D eigenvalue weighted by atomic mass is 10.2. The van der Waals surface area contributed by atoms with E-state index in [1.54, 1.807) is 7.11 Å². The number of hydrogen-bond donors (Lipinski definition) is 1. The van der Waals surface area contributed by atoms with Gasteiger partial charge in [-0.1, -0.05) is 13.0 Å². The molecule has 4 heteroatoms. The fourth-order valence-corrected chi connectivity index (χ4v) is 1.95. The van der Waals surface area contributed by atoms with Gasteiger partial charge in [-0.15, -0.1) is 0 Å². The molecule has 4 nitrogen and oxygen atoms in total. The van der Waals surface area contributed by atoms with Crippen LogP contribution in [0.15, 0.2) is 42.7 Å². The Hall–Kier alpha value is -2.23. The Kier molecular flexibility index (Phi) is 4.82. The number of benzene rings is 1. The van der Waals surface area contributed by atoms with Crippen LogP contribution in [0.4, 0.5) is 17.1 Å². The molecule has 0 bridgehead atoms. The third-order valence-electron chi connectivity index (χ3n) is 3.13. The molecule has 0 atom stereocenters. The Balaban J connectivity index is 2.21. The van der Waals surface area contributed by atoms with Crippen molar-refractivity contribution in [3.63, 3.8) is 0 Å². The molecule has 0 aliphatic heterocycles. The first kappa shape index (κ1) is 14.2. The maximum Gasteiger partial charge on any atom is 0.120 e. The summed E-state index contributed by atoms with van der Waals surface area (Å²) in [6.45, 7) is 3.10. The summed E-state index contributed by atoms with van der Waals surface area (Å²) in [5, 5.41) is 3.35. The van der Waals surface area contributed by atoms with Gasteiger partial charge in [0.25, 0.3) is 0 Å². The average Bonchev–Trinajstić information content (AvgIpc) is 2.52. The largest absolute Gasteiger partial charge is 0.497 e. The maximum absolute atomic E-state index is 5.26. The summed E-state index contributed by atoms with van der Waals surface area (Å²) in [6, 6.07) is 10.1. The Morgan fingerprint density at radius 2 is 2.05 bits per heavy atom. The van der Waals surface area contributed by atoms with Crippen LogP contribution in [-0.4, -0.2) is 25.7 Å². The molecule has 0 saturated carbocycles. The Bertz CT molecular complexity index is 557. The Labute approximate surface area is 120 Å². The monoisotopic (exact) mass is 271 g/mol. The molecule has 2 rings (SSSR count). The number of aromatic nitrogens is 1. The predicted molar refractivity (Wildman–Crippen MR) is 84.1 cm³/mol. The van der Waals surface area contributed by atoms with Crippen LogP contribution in [-0.2, 0) is 0 Å². The van der Waals surface area contributed by atoms with Crippen LogP contribution in [0, 0.1) is 0 Å². The second-order valence-electron chi connectivity index (χ2n) is 4.62. The van der Waals surface area contributed by atoms with Gasteiger partial charge < -0.3 is 15.0 Å². The van der Waals surface area contributed by atoms with E-state index in [-0.39, 0.29) is 0 Å². The van der Waals surface area contributed by atoms with Crippen molar-refractivity contribution >= 4 is 17.1 Å². The number of rotatable bonds is 6. The van der Waals surface area contributed by atoms with Crippen molar-refractivity contribution in [2.24, 2.45) is 0 Å². The fourth-order valence-electron chi connectivity index (χ4n) is 1.95. The quantitative estimate of drug-likeness (QED) is 0.869. The molecule has 1 aromatic heterocycles. The van der Waals surface area contributed by atoms with Crippen molar-refractivity contribution in [3.05, 3.63) is 42.7 Å². The van der Waals surface area contributed by atoms with E-state index in [9.17, 15) is 0 Å². The normalized spacial score (nSPS) is 10.2. The van der Waals surface area contributed by atoms with Gasteiger partial charge in [0.15, 0.2) is 0 Å². The number of anilines is 3. The standard InChI is InChI=1S/C16H21N3O/c1-4-8-18-13-9-15(12-17-11-13)19(2)14-6-5-7-16(10-14)20-3/h5-7,9-12,18H,4,8H2,1-3H3. The van der Waals surface area contributed by atoms with E-state index >= 15 is 0 Å². The number of ether oxygens (including phenoxy) is 1. The van der Waals surface area contributed by atoms with Crippen molar-refractivity contribution in [1.82, 2.24) is 4.98 Å². The van der Waals surface area contributed by atoms with Gasteiger partial charge in [-0.05, 0) is 24.6 Å². The first-order valence-corrected chi connectivity index (χ1v) is 6.81. The highest BCUT2D eigenvalue weighted by Gasteiger charge is 2.06. The molecule has 0 amide bonds. The molecule has 0 fully saturated rings. The molecule has 0 saturated heterocycles. The van der Waals surface area contributed by atoms with Gasteiger partial charge in [-0.3, -0.25) is 4.98 Å². The average molecular weight is 271 g/mol. The lowest BCUT2D eigenvalue weighted by Crippen LogP contribution is -2.10. The van der Waals surface area contributed by atoms with Gasteiger partial charge in [-0.25, -0.2) is 0 Å². The SMILES string of the molecule is CCCNc1cncc(N(C)c2cccc(OC)c2)c1. The van der Waals surface area contributed by atoms with E-state index in [1.807, 2.05) is 37.6 Å². The van der Waals surface area contributed by atoms with Crippen molar-refractivity contribution in [1.29, 1.82) is 0 Å². The molecular weight excluding hydrogens is 250 g/mol. The topological polar surface area (TPSA) is 37.4 Å². The number of methoxy groups -OCH3 is 1. The van der Waals surface area contributed by atoms with E-state index in [1.165, 1.54) is 0 Å². The second kappa shape index (κ2) is 6.80. The van der Waals surface area contributed by atoms with Gasteiger partial charge in [0.1, 0.15) is 5.75 Å². The maximum atomic E-state index is 5.26. The minimum Gasteiger partial charge on any atom is -0.497 e. The molecule has 106 valence electrons. The molecule has 0 unspecified atom stereocenters. The van der Waals surface area contributed by atoms with Crippen LogP contribution < -0.4 is 15.0 Å². The fraction of sp³-hybridized carbons (Fsp3) is 0.312. The van der Waals surface area contributed by atoms with E-state index in [4.69, 9.17) is 4.74 Å². The zero-order valence-electron chi connectivity index (χ0n) is 12.3. The zero-order chi connectivity index (χ0) is 14.4. The summed E-state index contributed by atoms with van der Waals surface area (Å²) in [4.78, 5) is 6.38. The summed E-state index contributed by atoms with van der Waals surface area (Å²) in [5.41, 5.74) is 3.15. The highest BCUT2D eigenvalue weighted by Crippen LogP contribution is 2.27. The highest BCUT2D eigenvalue weighted by atomic mass is 16.5. The molecule has 0 aliphatic carbocycles. The van der Waals surface area contributed by atoms with E-state index in [0.29, 0.717) is 0 Å². The number of nitrogens with zero attached hydrogens (tertiary/aromatic N) is 2. The van der Waals surface area contributed by atoms with E-state index in [0.717, 1.165) is 35.8 Å². The summed E-state index contributed by atoms with van der Waals surface area (Å²) < 4.78 is 5.26. The number of hydrogen-bond acceptors (Lipinski definition) is 4. The minimum atomic E-state index is 0.850. The molecule has 1 aromatic carbocycles. The van der Waals surface area contributed by atoms with Crippen molar-refractivity contribution in [2.75, 3.05) is 30.9 Å². The van der Waals surface area contributed by atoms with Gasteiger partial charge in [-0.2, -0.15) is 0 Å². The Morgan fingerprint density at radius 1 is 1.20 bits per heavy atom. The predicted octanol–water partition coefficient (Wildman–Crippen LogP) is 3.68. The lowest BCUT2D eigenvalue weighted by molar-refractivity contribution is 0.415. The van der Waals surface area contributed by atoms with Crippen LogP contribution in [0.25, 0.3) is 0 Å². The van der Waals surface area contributed by atoms with Crippen LogP contribution in [0.1, 0.15) is 13.3 Å². The smallest absolute Gasteiger partial charge is 0.120 e. The lowest BCUT2D eigenvalue weighted by Gasteiger charge is -2.20. The molecule has 1 N–H and O–H groups in total. The molecule has 2 aromatic rings. The van der Waals surface area contributed by atoms with Gasteiger partial charge in [0, 0.05) is 25.3 Å². The molecular formula is C16H21N3O. The molecule has 1 heterocycles. The van der Waals surface area contributed by atoms with Gasteiger partial charge in [0.2, 0.25) is 0 Å². The minimum absolute atomic E-state index is 0.850. The first-order chi connectivity index (χ1) is 9.74. The molecule has 0 aliphatic rings. The van der Waals surface area contributed by atoms with Crippen molar-refractivity contribution < 1.29 is 4.74 Å². The van der Waals surface area contributed by atoms with Gasteiger partial charge in [0.05, 0.1) is 30.9 Å². The highest BCUT2D eigenvalue weighted by molar-refractivity contribution is 5.66. The summed E-state index contributed by atoms with van der Waals surface area (Å²) in [5.74, 6) is 0.850. The van der Waals surface area contributed by atoms with Crippen LogP contribution in [0.3, 0.4) is 0 Å². The third kappa shape index (κ3) is 3.41. The van der Waals surface area contributed by atoms with E-state index < -0.39 is 0 Å². The molecule has 0 spiro atoms. The van der Waals surface area contributed by atoms with Gasteiger partial charge >= 0.3 is 0 Å². The Morgan fingerprint density at radius 3 is 2.80 bits per heavy atom. The zero-order valence-corrected chi connectivity index (χ0v) is 12.3. The van der Waals surface area contributed by atoms with Crippen LogP contribution in [0.2, 0.25) is 0 Å². The first-order valence-electron chi connectivity index (χ1n) is 6.81. The summed E-state index contributed by atoms with van der Waals surface area (Å²) >= 11 is 0. The molecule has 0 radical (unpaired) electrons. The van der Waals surface area contributed by atoms with Crippen molar-refractivity contribution in [2.45, 2.75) is 13.3 Å².